The molecule has 0 radical (unpaired) electrons. The maximum atomic E-state index is 5.87. The molecule has 3 unspecified atom stereocenters. The molecular formula is C13H26N2O2. The van der Waals surface area contributed by atoms with E-state index in [1.54, 1.807) is 0 Å². The zero-order valence-corrected chi connectivity index (χ0v) is 10.9. The molecule has 0 aromatic carbocycles. The summed E-state index contributed by atoms with van der Waals surface area (Å²) in [6.45, 7) is 6.03. The highest BCUT2D eigenvalue weighted by molar-refractivity contribution is 4.79. The van der Waals surface area contributed by atoms with Crippen LogP contribution in [0.15, 0.2) is 0 Å². The van der Waals surface area contributed by atoms with Crippen LogP contribution in [0.3, 0.4) is 0 Å². The highest BCUT2D eigenvalue weighted by atomic mass is 16.7. The van der Waals surface area contributed by atoms with E-state index in [1.807, 2.05) is 0 Å². The monoisotopic (exact) mass is 242 g/mol. The number of hydrogen-bond acceptors (Lipinski definition) is 4. The summed E-state index contributed by atoms with van der Waals surface area (Å²) in [6.07, 6.45) is 6.14. The lowest BCUT2D eigenvalue weighted by Crippen LogP contribution is -2.41. The van der Waals surface area contributed by atoms with Gasteiger partial charge >= 0.3 is 0 Å². The molecule has 2 rings (SSSR count). The Balaban J connectivity index is 1.76. The molecule has 2 aliphatic rings. The third-order valence-electron chi connectivity index (χ3n) is 3.92. The van der Waals surface area contributed by atoms with Crippen LogP contribution in [0.2, 0.25) is 0 Å². The van der Waals surface area contributed by atoms with Crippen LogP contribution in [0.25, 0.3) is 0 Å². The van der Waals surface area contributed by atoms with Crippen molar-refractivity contribution in [3.05, 3.63) is 0 Å². The molecule has 0 aromatic heterocycles. The molecule has 4 nitrogen and oxygen atoms in total. The third kappa shape index (κ3) is 3.65. The van der Waals surface area contributed by atoms with Crippen LogP contribution in [0.4, 0.5) is 0 Å². The van der Waals surface area contributed by atoms with Crippen LogP contribution < -0.4 is 5.73 Å². The van der Waals surface area contributed by atoms with Crippen molar-refractivity contribution in [2.45, 2.75) is 57.5 Å². The van der Waals surface area contributed by atoms with E-state index in [0.29, 0.717) is 12.6 Å². The Morgan fingerprint density at radius 1 is 1.35 bits per heavy atom. The first-order valence-electron chi connectivity index (χ1n) is 7.04. The summed E-state index contributed by atoms with van der Waals surface area (Å²) in [7, 11) is 0. The summed E-state index contributed by atoms with van der Waals surface area (Å²) in [4.78, 5) is 2.56. The second-order valence-electron chi connectivity index (χ2n) is 5.11. The summed E-state index contributed by atoms with van der Waals surface area (Å²) in [6, 6.07) is 0.648. The van der Waals surface area contributed by atoms with Crippen LogP contribution in [0, 0.1) is 0 Å². The van der Waals surface area contributed by atoms with Crippen LogP contribution in [-0.2, 0) is 9.47 Å². The van der Waals surface area contributed by atoms with E-state index in [4.69, 9.17) is 15.2 Å². The van der Waals surface area contributed by atoms with Gasteiger partial charge in [0.15, 0.2) is 6.29 Å². The topological polar surface area (TPSA) is 47.7 Å². The van der Waals surface area contributed by atoms with Gasteiger partial charge in [-0.3, -0.25) is 0 Å². The van der Waals surface area contributed by atoms with Crippen molar-refractivity contribution in [2.75, 3.05) is 26.2 Å². The fourth-order valence-corrected chi connectivity index (χ4v) is 2.93. The fraction of sp³-hybridized carbons (Fsp3) is 1.00. The first-order valence-corrected chi connectivity index (χ1v) is 7.04. The molecule has 100 valence electrons. The van der Waals surface area contributed by atoms with Crippen molar-refractivity contribution in [3.8, 4) is 0 Å². The molecule has 0 saturated carbocycles. The van der Waals surface area contributed by atoms with Gasteiger partial charge in [0, 0.05) is 12.5 Å². The van der Waals surface area contributed by atoms with Crippen molar-refractivity contribution in [1.29, 1.82) is 0 Å². The molecule has 2 heterocycles. The SMILES string of the molecule is CCN1CCCCC1CC1OCC(CCN)O1. The largest absolute Gasteiger partial charge is 0.350 e. The van der Waals surface area contributed by atoms with E-state index in [9.17, 15) is 0 Å². The summed E-state index contributed by atoms with van der Waals surface area (Å²) >= 11 is 0. The van der Waals surface area contributed by atoms with Gasteiger partial charge < -0.3 is 20.1 Å². The first kappa shape index (κ1) is 13.3. The minimum atomic E-state index is 0.00343. The molecule has 0 aliphatic carbocycles. The summed E-state index contributed by atoms with van der Waals surface area (Å²) in [5, 5.41) is 0. The maximum Gasteiger partial charge on any atom is 0.159 e. The van der Waals surface area contributed by atoms with Crippen molar-refractivity contribution < 1.29 is 9.47 Å². The molecule has 0 bridgehead atoms. The molecular weight excluding hydrogens is 216 g/mol. The van der Waals surface area contributed by atoms with Gasteiger partial charge in [0.2, 0.25) is 0 Å². The van der Waals surface area contributed by atoms with E-state index in [2.05, 4.69) is 11.8 Å². The number of nitrogens with two attached hydrogens (primary N) is 1. The van der Waals surface area contributed by atoms with Crippen LogP contribution in [-0.4, -0.2) is 49.6 Å². The molecule has 2 fully saturated rings. The van der Waals surface area contributed by atoms with E-state index >= 15 is 0 Å². The minimum Gasteiger partial charge on any atom is -0.350 e. The number of likely N-dealkylation sites (tertiary alicyclic amines) is 1. The Hall–Kier alpha value is -0.160. The van der Waals surface area contributed by atoms with Crippen molar-refractivity contribution in [1.82, 2.24) is 4.90 Å². The van der Waals surface area contributed by atoms with E-state index < -0.39 is 0 Å². The molecule has 0 spiro atoms. The Morgan fingerprint density at radius 2 is 2.24 bits per heavy atom. The highest BCUT2D eigenvalue weighted by Crippen LogP contribution is 2.25. The standard InChI is InChI=1S/C13H26N2O2/c1-2-15-8-4-3-5-11(15)9-13-16-10-12(17-13)6-7-14/h11-13H,2-10,14H2,1H3. The van der Waals surface area contributed by atoms with Crippen LogP contribution in [0.5, 0.6) is 0 Å². The number of piperidine rings is 1. The summed E-state index contributed by atoms with van der Waals surface area (Å²) in [5.74, 6) is 0. The zero-order valence-electron chi connectivity index (χ0n) is 10.9. The number of rotatable bonds is 5. The van der Waals surface area contributed by atoms with Crippen molar-refractivity contribution in [3.63, 3.8) is 0 Å². The molecule has 0 amide bonds. The summed E-state index contributed by atoms with van der Waals surface area (Å²) < 4.78 is 11.6. The van der Waals surface area contributed by atoms with Crippen LogP contribution in [0.1, 0.15) is 39.0 Å². The lowest BCUT2D eigenvalue weighted by Gasteiger charge is -2.35. The third-order valence-corrected chi connectivity index (χ3v) is 3.92. The predicted molar refractivity (Wildman–Crippen MR) is 67.8 cm³/mol. The van der Waals surface area contributed by atoms with E-state index in [-0.39, 0.29) is 12.4 Å². The van der Waals surface area contributed by atoms with Gasteiger partial charge in [-0.05, 0) is 38.9 Å². The van der Waals surface area contributed by atoms with Gasteiger partial charge in [-0.1, -0.05) is 13.3 Å². The average Bonchev–Trinajstić information content (AvgIpc) is 2.78. The van der Waals surface area contributed by atoms with E-state index in [0.717, 1.165) is 26.0 Å². The Labute approximate surface area is 104 Å². The van der Waals surface area contributed by atoms with Crippen molar-refractivity contribution >= 4 is 0 Å². The molecule has 4 heteroatoms. The fourth-order valence-electron chi connectivity index (χ4n) is 2.93. The summed E-state index contributed by atoms with van der Waals surface area (Å²) in [5.41, 5.74) is 5.54. The zero-order chi connectivity index (χ0) is 12.1. The van der Waals surface area contributed by atoms with Crippen molar-refractivity contribution in [2.24, 2.45) is 5.73 Å². The molecule has 3 atom stereocenters. The predicted octanol–water partition coefficient (Wildman–Crippen LogP) is 1.34. The number of ether oxygens (including phenoxy) is 2. The van der Waals surface area contributed by atoms with Gasteiger partial charge in [-0.25, -0.2) is 0 Å². The first-order chi connectivity index (χ1) is 8.33. The lowest BCUT2D eigenvalue weighted by molar-refractivity contribution is -0.0796. The highest BCUT2D eigenvalue weighted by Gasteiger charge is 2.30. The molecule has 2 aliphatic heterocycles. The second kappa shape index (κ2) is 6.69. The lowest BCUT2D eigenvalue weighted by atomic mass is 9.99. The van der Waals surface area contributed by atoms with Gasteiger partial charge in [0.05, 0.1) is 12.7 Å². The second-order valence-corrected chi connectivity index (χ2v) is 5.11. The van der Waals surface area contributed by atoms with Gasteiger partial charge in [0.25, 0.3) is 0 Å². The molecule has 0 aromatic rings. The Morgan fingerprint density at radius 3 is 3.00 bits per heavy atom. The Kier molecular flexibility index (Phi) is 5.22. The minimum absolute atomic E-state index is 0.00343. The number of hydrogen-bond donors (Lipinski definition) is 1. The molecule has 2 saturated heterocycles. The average molecular weight is 242 g/mol. The van der Waals surface area contributed by atoms with Gasteiger partial charge in [0.1, 0.15) is 0 Å². The molecule has 2 N–H and O–H groups in total. The number of nitrogens with zero attached hydrogens (tertiary/aromatic N) is 1. The van der Waals surface area contributed by atoms with Gasteiger partial charge in [-0.15, -0.1) is 0 Å². The smallest absolute Gasteiger partial charge is 0.159 e. The quantitative estimate of drug-likeness (QED) is 0.790. The maximum absolute atomic E-state index is 5.87. The van der Waals surface area contributed by atoms with Gasteiger partial charge in [-0.2, -0.15) is 0 Å². The van der Waals surface area contributed by atoms with E-state index in [1.165, 1.54) is 25.8 Å². The normalized spacial score (nSPS) is 35.3. The Bertz CT molecular complexity index is 225. The van der Waals surface area contributed by atoms with Crippen LogP contribution >= 0.6 is 0 Å². The molecule has 17 heavy (non-hydrogen) atoms.